The Morgan fingerprint density at radius 3 is 2.27 bits per heavy atom. The number of sulfonamides is 1. The van der Waals surface area contributed by atoms with E-state index in [1.54, 1.807) is 42.5 Å². The number of hydrogen-bond donors (Lipinski definition) is 1. The molecule has 0 aliphatic heterocycles. The van der Waals surface area contributed by atoms with Crippen LogP contribution in [0.5, 0.6) is 0 Å². The van der Waals surface area contributed by atoms with E-state index in [2.05, 4.69) is 4.72 Å². The first kappa shape index (κ1) is 18.9. The molecule has 0 heterocycles. The summed E-state index contributed by atoms with van der Waals surface area (Å²) >= 11 is 1.12. The van der Waals surface area contributed by atoms with Crippen LogP contribution in [0.4, 0.5) is 0 Å². The lowest BCUT2D eigenvalue weighted by molar-refractivity contribution is -0.255. The van der Waals surface area contributed by atoms with Gasteiger partial charge in [0.2, 0.25) is 10.0 Å². The molecule has 2 aromatic carbocycles. The normalized spacial score (nSPS) is 15.7. The molecule has 0 saturated heterocycles. The third kappa shape index (κ3) is 4.47. The van der Waals surface area contributed by atoms with Crippen LogP contribution in [-0.4, -0.2) is 20.4 Å². The highest BCUT2D eigenvalue weighted by Gasteiger charge is 2.24. The third-order valence-electron chi connectivity index (χ3n) is 4.39. The summed E-state index contributed by atoms with van der Waals surface area (Å²) in [5.74, 6) is -1.28. The molecule has 0 bridgehead atoms. The van der Waals surface area contributed by atoms with Gasteiger partial charge in [0.15, 0.2) is 0 Å². The summed E-state index contributed by atoms with van der Waals surface area (Å²) in [4.78, 5) is 12.4. The summed E-state index contributed by atoms with van der Waals surface area (Å²) < 4.78 is 28.6. The van der Waals surface area contributed by atoms with Crippen molar-refractivity contribution in [1.29, 1.82) is 0 Å². The molecule has 1 N–H and O–H groups in total. The fourth-order valence-electron chi connectivity index (χ4n) is 3.10. The lowest BCUT2D eigenvalue weighted by Crippen LogP contribution is -2.36. The maximum Gasteiger partial charge on any atom is 0.241 e. The minimum atomic E-state index is -3.68. The topological polar surface area (TPSA) is 86.3 Å². The zero-order valence-corrected chi connectivity index (χ0v) is 15.8. The highest BCUT2D eigenvalue weighted by Crippen LogP contribution is 2.35. The molecule has 0 spiro atoms. The zero-order valence-electron chi connectivity index (χ0n) is 14.2. The smallest absolute Gasteiger partial charge is 0.241 e. The Kier molecular flexibility index (Phi) is 6.01. The van der Waals surface area contributed by atoms with Crippen molar-refractivity contribution in [2.75, 3.05) is 0 Å². The average molecular weight is 391 g/mol. The minimum absolute atomic E-state index is 0.0395. The van der Waals surface area contributed by atoms with Crippen LogP contribution >= 0.6 is 11.8 Å². The number of nitrogens with one attached hydrogen (secondary N) is 1. The maximum atomic E-state index is 12.9. The van der Waals surface area contributed by atoms with E-state index < -0.39 is 16.0 Å². The molecule has 0 radical (unpaired) electrons. The number of benzene rings is 2. The Bertz CT molecular complexity index is 890. The zero-order chi connectivity index (χ0) is 18.6. The number of carboxylic acids is 1. The SMILES string of the molecule is O=C([O-])c1ccccc1Sc1ccccc1S(=O)(=O)NC1CCCCC1. The lowest BCUT2D eigenvalue weighted by Gasteiger charge is -2.23. The largest absolute Gasteiger partial charge is 0.545 e. The van der Waals surface area contributed by atoms with E-state index in [1.165, 1.54) is 6.07 Å². The van der Waals surface area contributed by atoms with Crippen molar-refractivity contribution in [3.63, 3.8) is 0 Å². The van der Waals surface area contributed by atoms with E-state index in [9.17, 15) is 18.3 Å². The average Bonchev–Trinajstić information content (AvgIpc) is 2.63. The van der Waals surface area contributed by atoms with Crippen LogP contribution in [0.25, 0.3) is 0 Å². The Balaban J connectivity index is 1.90. The van der Waals surface area contributed by atoms with Gasteiger partial charge in [-0.3, -0.25) is 0 Å². The molecule has 0 atom stereocenters. The van der Waals surface area contributed by atoms with Gasteiger partial charge in [-0.2, -0.15) is 0 Å². The monoisotopic (exact) mass is 390 g/mol. The Morgan fingerprint density at radius 1 is 0.962 bits per heavy atom. The molecule has 5 nitrogen and oxygen atoms in total. The second-order valence-electron chi connectivity index (χ2n) is 6.29. The van der Waals surface area contributed by atoms with Gasteiger partial charge in [-0.25, -0.2) is 13.1 Å². The van der Waals surface area contributed by atoms with E-state index in [0.29, 0.717) is 9.79 Å². The fraction of sp³-hybridized carbons (Fsp3) is 0.316. The highest BCUT2D eigenvalue weighted by molar-refractivity contribution is 8.00. The summed E-state index contributed by atoms with van der Waals surface area (Å²) in [7, 11) is -3.68. The molecule has 0 amide bonds. The van der Waals surface area contributed by atoms with Gasteiger partial charge in [0, 0.05) is 21.4 Å². The van der Waals surface area contributed by atoms with Crippen molar-refractivity contribution in [3.05, 3.63) is 54.1 Å². The van der Waals surface area contributed by atoms with Gasteiger partial charge in [-0.05, 0) is 31.0 Å². The van der Waals surface area contributed by atoms with Crippen molar-refractivity contribution in [2.45, 2.75) is 52.8 Å². The van der Waals surface area contributed by atoms with Gasteiger partial charge < -0.3 is 9.90 Å². The number of rotatable bonds is 6. The van der Waals surface area contributed by atoms with Crippen LogP contribution < -0.4 is 9.83 Å². The number of carbonyl (C=O) groups excluding carboxylic acids is 1. The lowest BCUT2D eigenvalue weighted by atomic mass is 9.96. The van der Waals surface area contributed by atoms with Gasteiger partial charge in [-0.15, -0.1) is 0 Å². The number of aromatic carboxylic acids is 1. The molecular formula is C19H20NO4S2-. The molecule has 1 aliphatic rings. The number of carboxylic acid groups (broad SMARTS) is 1. The second kappa shape index (κ2) is 8.24. The van der Waals surface area contributed by atoms with Crippen LogP contribution in [0.2, 0.25) is 0 Å². The molecular weight excluding hydrogens is 370 g/mol. The summed E-state index contributed by atoms with van der Waals surface area (Å²) in [5.41, 5.74) is 0.0462. The molecule has 138 valence electrons. The molecule has 26 heavy (non-hydrogen) atoms. The predicted octanol–water partition coefficient (Wildman–Crippen LogP) is 2.81. The fourth-order valence-corrected chi connectivity index (χ4v) is 5.91. The van der Waals surface area contributed by atoms with Gasteiger partial charge in [0.05, 0.1) is 10.9 Å². The Labute approximate surface area is 157 Å². The van der Waals surface area contributed by atoms with E-state index in [1.807, 2.05) is 0 Å². The second-order valence-corrected chi connectivity index (χ2v) is 9.05. The van der Waals surface area contributed by atoms with Gasteiger partial charge in [0.1, 0.15) is 0 Å². The molecule has 2 aromatic rings. The highest BCUT2D eigenvalue weighted by atomic mass is 32.2. The molecule has 3 rings (SSSR count). The van der Waals surface area contributed by atoms with Crippen LogP contribution in [-0.2, 0) is 10.0 Å². The van der Waals surface area contributed by atoms with Crippen LogP contribution in [0.3, 0.4) is 0 Å². The van der Waals surface area contributed by atoms with Crippen LogP contribution in [0, 0.1) is 0 Å². The Morgan fingerprint density at radius 2 is 1.58 bits per heavy atom. The minimum Gasteiger partial charge on any atom is -0.545 e. The van der Waals surface area contributed by atoms with E-state index in [-0.39, 0.29) is 16.5 Å². The molecule has 1 aliphatic carbocycles. The maximum absolute atomic E-state index is 12.9. The standard InChI is InChI=1S/C19H21NO4S2/c21-19(22)15-10-4-5-11-16(15)25-17-12-6-7-13-18(17)26(23,24)20-14-8-2-1-3-9-14/h4-7,10-14,20H,1-3,8-9H2,(H,21,22)/p-1. The number of carbonyl (C=O) groups is 1. The van der Waals surface area contributed by atoms with Crippen molar-refractivity contribution in [3.8, 4) is 0 Å². The third-order valence-corrected chi connectivity index (χ3v) is 7.25. The summed E-state index contributed by atoms with van der Waals surface area (Å²) in [6, 6.07) is 13.0. The van der Waals surface area contributed by atoms with Crippen molar-refractivity contribution < 1.29 is 18.3 Å². The molecule has 7 heteroatoms. The first-order chi connectivity index (χ1) is 12.5. The van der Waals surface area contributed by atoms with Crippen molar-refractivity contribution >= 4 is 27.8 Å². The van der Waals surface area contributed by atoms with Crippen molar-refractivity contribution in [1.82, 2.24) is 4.72 Å². The summed E-state index contributed by atoms with van der Waals surface area (Å²) in [5, 5.41) is 11.3. The van der Waals surface area contributed by atoms with Gasteiger partial charge in [0.25, 0.3) is 0 Å². The van der Waals surface area contributed by atoms with Crippen molar-refractivity contribution in [2.24, 2.45) is 0 Å². The van der Waals surface area contributed by atoms with Gasteiger partial charge >= 0.3 is 0 Å². The number of hydrogen-bond acceptors (Lipinski definition) is 5. The van der Waals surface area contributed by atoms with E-state index >= 15 is 0 Å². The molecule has 1 saturated carbocycles. The summed E-state index contributed by atoms with van der Waals surface area (Å²) in [6.45, 7) is 0. The van der Waals surface area contributed by atoms with Crippen LogP contribution in [0.15, 0.2) is 63.2 Å². The molecule has 0 aromatic heterocycles. The van der Waals surface area contributed by atoms with E-state index in [0.717, 1.165) is 43.9 Å². The first-order valence-corrected chi connectivity index (χ1v) is 10.9. The van der Waals surface area contributed by atoms with Crippen LogP contribution in [0.1, 0.15) is 42.5 Å². The quantitative estimate of drug-likeness (QED) is 0.820. The first-order valence-electron chi connectivity index (χ1n) is 8.57. The van der Waals surface area contributed by atoms with Gasteiger partial charge in [-0.1, -0.05) is 61.4 Å². The Hall–Kier alpha value is -1.83. The molecule has 1 fully saturated rings. The predicted molar refractivity (Wildman–Crippen MR) is 98.5 cm³/mol. The van der Waals surface area contributed by atoms with E-state index in [4.69, 9.17) is 0 Å². The molecule has 0 unspecified atom stereocenters. The summed E-state index contributed by atoms with van der Waals surface area (Å²) in [6.07, 6.45) is 4.90.